The molecule has 1 aliphatic rings. The molecular formula is C30H30F3N3O5. The number of nitrogens with one attached hydrogen (secondary N) is 2. The lowest BCUT2D eigenvalue weighted by molar-refractivity contribution is -0.170. The van der Waals surface area contributed by atoms with E-state index >= 15 is 0 Å². The van der Waals surface area contributed by atoms with Gasteiger partial charge in [-0.25, -0.2) is 4.79 Å². The summed E-state index contributed by atoms with van der Waals surface area (Å²) in [7, 11) is 1.64. The number of likely N-dealkylation sites (N-methyl/N-ethyl adjacent to an activating group) is 1. The van der Waals surface area contributed by atoms with Crippen LogP contribution in [-0.2, 0) is 20.9 Å². The van der Waals surface area contributed by atoms with E-state index in [9.17, 15) is 27.6 Å². The molecule has 41 heavy (non-hydrogen) atoms. The molecule has 11 heteroatoms. The quantitative estimate of drug-likeness (QED) is 0.313. The molecule has 0 spiro atoms. The summed E-state index contributed by atoms with van der Waals surface area (Å²) in [4.78, 5) is 38.5. The molecule has 2 unspecified atom stereocenters. The number of alkyl halides is 3. The Labute approximate surface area is 235 Å². The van der Waals surface area contributed by atoms with E-state index in [-0.39, 0.29) is 19.1 Å². The summed E-state index contributed by atoms with van der Waals surface area (Å²) in [5, 5.41) is 13.0. The van der Waals surface area contributed by atoms with Gasteiger partial charge in [0.05, 0.1) is 6.42 Å². The highest BCUT2D eigenvalue weighted by molar-refractivity contribution is 5.86. The Hall–Kier alpha value is -4.38. The van der Waals surface area contributed by atoms with Crippen LogP contribution in [0.3, 0.4) is 0 Å². The first-order valence-corrected chi connectivity index (χ1v) is 13.0. The number of aliphatic carboxylic acids is 1. The van der Waals surface area contributed by atoms with E-state index in [1.807, 2.05) is 78.9 Å². The molecule has 0 heterocycles. The average Bonchev–Trinajstić information content (AvgIpc) is 3.24. The maximum atomic E-state index is 13.5. The fourth-order valence-electron chi connectivity index (χ4n) is 4.94. The normalized spacial score (nSPS) is 14.1. The number of benzene rings is 3. The molecule has 0 saturated carbocycles. The van der Waals surface area contributed by atoms with Crippen LogP contribution in [0.25, 0.3) is 11.1 Å². The molecular weight excluding hydrogens is 539 g/mol. The van der Waals surface area contributed by atoms with Crippen molar-refractivity contribution in [3.63, 3.8) is 0 Å². The third kappa shape index (κ3) is 7.63. The molecule has 3 aromatic rings. The third-order valence-electron chi connectivity index (χ3n) is 6.83. The molecule has 2 amide bonds. The molecule has 0 aliphatic heterocycles. The summed E-state index contributed by atoms with van der Waals surface area (Å²) in [6, 6.07) is 20.5. The number of carboxylic acid groups (broad SMARTS) is 1. The molecule has 0 radical (unpaired) electrons. The fraction of sp³-hybridized carbons (Fsp3) is 0.300. The van der Waals surface area contributed by atoms with Gasteiger partial charge >= 0.3 is 18.2 Å². The van der Waals surface area contributed by atoms with Crippen LogP contribution in [0, 0.1) is 0 Å². The van der Waals surface area contributed by atoms with Crippen LogP contribution in [-0.4, -0.2) is 66.4 Å². The second kappa shape index (κ2) is 12.9. The number of nitrogens with zero attached hydrogens (tertiary/aromatic N) is 1. The number of hydrogen-bond acceptors (Lipinski definition) is 5. The number of halogens is 3. The number of hydrogen-bond donors (Lipinski definition) is 3. The second-order valence-electron chi connectivity index (χ2n) is 9.91. The van der Waals surface area contributed by atoms with Crippen molar-refractivity contribution in [1.29, 1.82) is 0 Å². The summed E-state index contributed by atoms with van der Waals surface area (Å²) in [5.74, 6) is -3.16. The Morgan fingerprint density at radius 2 is 1.46 bits per heavy atom. The number of alkyl carbamates (subject to hydrolysis) is 1. The van der Waals surface area contributed by atoms with Crippen molar-refractivity contribution in [2.45, 2.75) is 37.1 Å². The molecule has 3 N–H and O–H groups in total. The monoisotopic (exact) mass is 569 g/mol. The number of carbonyl (C=O) groups excluding carboxylic acids is 2. The third-order valence-corrected chi connectivity index (χ3v) is 6.83. The topological polar surface area (TPSA) is 108 Å². The van der Waals surface area contributed by atoms with Crippen molar-refractivity contribution >= 4 is 18.0 Å². The lowest BCUT2D eigenvalue weighted by Gasteiger charge is -2.27. The first-order valence-electron chi connectivity index (χ1n) is 13.0. The zero-order chi connectivity index (χ0) is 29.6. The van der Waals surface area contributed by atoms with Crippen molar-refractivity contribution in [2.24, 2.45) is 0 Å². The van der Waals surface area contributed by atoms with Crippen LogP contribution in [0.4, 0.5) is 18.0 Å². The minimum absolute atomic E-state index is 0.0573. The Morgan fingerprint density at radius 1 is 0.902 bits per heavy atom. The summed E-state index contributed by atoms with van der Waals surface area (Å²) >= 11 is 0. The predicted molar refractivity (Wildman–Crippen MR) is 145 cm³/mol. The first-order chi connectivity index (χ1) is 19.5. The van der Waals surface area contributed by atoms with Gasteiger partial charge in [0.25, 0.3) is 0 Å². The van der Waals surface area contributed by atoms with E-state index < -0.39 is 42.7 Å². The van der Waals surface area contributed by atoms with Gasteiger partial charge in [-0.2, -0.15) is 13.2 Å². The SMILES string of the molecule is CN(Cc1ccccc1)CC(NC(=O)OCC1c2ccccc2-c2ccccc21)C(=O)NC(CC(=O)O)C(F)(F)F. The molecule has 3 aromatic carbocycles. The van der Waals surface area contributed by atoms with Crippen molar-refractivity contribution in [3.05, 3.63) is 95.6 Å². The summed E-state index contributed by atoms with van der Waals surface area (Å²) in [5.41, 5.74) is 4.87. The van der Waals surface area contributed by atoms with Gasteiger partial charge in [0.15, 0.2) is 0 Å². The van der Waals surface area contributed by atoms with Crippen LogP contribution in [0.1, 0.15) is 29.0 Å². The highest BCUT2D eigenvalue weighted by Gasteiger charge is 2.43. The van der Waals surface area contributed by atoms with Crippen LogP contribution in [0.15, 0.2) is 78.9 Å². The molecule has 0 fully saturated rings. The second-order valence-corrected chi connectivity index (χ2v) is 9.91. The van der Waals surface area contributed by atoms with Crippen molar-refractivity contribution < 1.29 is 37.4 Å². The summed E-state index contributed by atoms with van der Waals surface area (Å²) in [6.07, 6.45) is -7.34. The van der Waals surface area contributed by atoms with Gasteiger partial charge < -0.3 is 20.5 Å². The van der Waals surface area contributed by atoms with Crippen LogP contribution < -0.4 is 10.6 Å². The standard InChI is InChI=1S/C30H30F3N3O5/c1-36(16-19-9-3-2-4-10-19)17-25(28(39)35-26(15-27(37)38)30(31,32)33)34-29(40)41-18-24-22-13-7-5-11-20(22)21-12-6-8-14-23(21)24/h2-14,24-26H,15-18H2,1H3,(H,34,40)(H,35,39)(H,37,38). The number of carboxylic acids is 1. The highest BCUT2D eigenvalue weighted by Crippen LogP contribution is 2.44. The predicted octanol–water partition coefficient (Wildman–Crippen LogP) is 4.55. The van der Waals surface area contributed by atoms with Gasteiger partial charge in [-0.05, 0) is 34.9 Å². The van der Waals surface area contributed by atoms with Crippen molar-refractivity contribution in [2.75, 3.05) is 20.2 Å². The Bertz CT molecular complexity index is 1340. The summed E-state index contributed by atoms with van der Waals surface area (Å²) < 4.78 is 45.8. The number of fused-ring (bicyclic) bond motifs is 3. The van der Waals surface area contributed by atoms with Gasteiger partial charge in [0, 0.05) is 19.0 Å². The zero-order valence-corrected chi connectivity index (χ0v) is 22.2. The van der Waals surface area contributed by atoms with Gasteiger partial charge in [-0.3, -0.25) is 14.5 Å². The van der Waals surface area contributed by atoms with E-state index in [1.54, 1.807) is 17.3 Å². The maximum Gasteiger partial charge on any atom is 0.409 e. The number of amides is 2. The molecule has 1 aliphatic carbocycles. The van der Waals surface area contributed by atoms with Crippen LogP contribution in [0.5, 0.6) is 0 Å². The molecule has 4 rings (SSSR count). The minimum atomic E-state index is -5.00. The Kier molecular flexibility index (Phi) is 9.28. The van der Waals surface area contributed by atoms with Gasteiger partial charge in [-0.15, -0.1) is 0 Å². The fourth-order valence-corrected chi connectivity index (χ4v) is 4.94. The van der Waals surface area contributed by atoms with Gasteiger partial charge in [-0.1, -0.05) is 78.9 Å². The number of carbonyl (C=O) groups is 3. The largest absolute Gasteiger partial charge is 0.481 e. The zero-order valence-electron chi connectivity index (χ0n) is 22.2. The lowest BCUT2D eigenvalue weighted by Crippen LogP contribution is -2.57. The van der Waals surface area contributed by atoms with Crippen molar-refractivity contribution in [3.8, 4) is 11.1 Å². The smallest absolute Gasteiger partial charge is 0.409 e. The highest BCUT2D eigenvalue weighted by atomic mass is 19.4. The van der Waals surface area contributed by atoms with E-state index in [0.29, 0.717) is 6.54 Å². The van der Waals surface area contributed by atoms with E-state index in [2.05, 4.69) is 5.32 Å². The lowest BCUT2D eigenvalue weighted by atomic mass is 9.98. The van der Waals surface area contributed by atoms with E-state index in [0.717, 1.165) is 27.8 Å². The molecule has 216 valence electrons. The van der Waals surface area contributed by atoms with Crippen LogP contribution in [0.2, 0.25) is 0 Å². The Balaban J connectivity index is 1.47. The molecule has 8 nitrogen and oxygen atoms in total. The number of rotatable bonds is 11. The van der Waals surface area contributed by atoms with Crippen molar-refractivity contribution in [1.82, 2.24) is 15.5 Å². The van der Waals surface area contributed by atoms with Gasteiger partial charge in [0.1, 0.15) is 18.7 Å². The van der Waals surface area contributed by atoms with Crippen LogP contribution >= 0.6 is 0 Å². The molecule has 2 atom stereocenters. The van der Waals surface area contributed by atoms with E-state index in [1.165, 1.54) is 0 Å². The molecule has 0 bridgehead atoms. The summed E-state index contributed by atoms with van der Waals surface area (Å²) in [6.45, 7) is 0.121. The van der Waals surface area contributed by atoms with E-state index in [4.69, 9.17) is 9.84 Å². The molecule has 0 saturated heterocycles. The average molecular weight is 570 g/mol. The Morgan fingerprint density at radius 3 is 2.02 bits per heavy atom. The molecule has 0 aromatic heterocycles. The number of ether oxygens (including phenoxy) is 1. The van der Waals surface area contributed by atoms with Gasteiger partial charge in [0.2, 0.25) is 5.91 Å². The maximum absolute atomic E-state index is 13.5. The minimum Gasteiger partial charge on any atom is -0.481 e. The first kappa shape index (κ1) is 29.6.